The molecule has 1 amide bonds. The first-order valence-corrected chi connectivity index (χ1v) is 10.5. The van der Waals surface area contributed by atoms with Crippen LogP contribution in [0.1, 0.15) is 27.2 Å². The molecule has 5 nitrogen and oxygen atoms in total. The van der Waals surface area contributed by atoms with Crippen molar-refractivity contribution in [2.24, 2.45) is 0 Å². The van der Waals surface area contributed by atoms with Crippen LogP contribution in [0.4, 0.5) is 5.69 Å². The van der Waals surface area contributed by atoms with Gasteiger partial charge >= 0.3 is 0 Å². The molecule has 2 aromatic carbocycles. The summed E-state index contributed by atoms with van der Waals surface area (Å²) in [4.78, 5) is 17.5. The lowest BCUT2D eigenvalue weighted by Gasteiger charge is -2.36. The molecule has 1 fully saturated rings. The predicted octanol–water partition coefficient (Wildman–Crippen LogP) is 4.10. The van der Waals surface area contributed by atoms with Gasteiger partial charge in [-0.25, -0.2) is 0 Å². The second-order valence-corrected chi connectivity index (χ2v) is 8.23. The van der Waals surface area contributed by atoms with E-state index in [0.29, 0.717) is 18.8 Å². The van der Waals surface area contributed by atoms with Crippen LogP contribution in [0.15, 0.2) is 42.5 Å². The number of H-pyrrole nitrogens is 1. The van der Waals surface area contributed by atoms with Crippen LogP contribution in [0.2, 0.25) is 5.02 Å². The maximum absolute atomic E-state index is 13.2. The molecule has 0 radical (unpaired) electrons. The average molecular weight is 407 g/mol. The smallest absolute Gasteiger partial charge is 0.272 e. The molecule has 6 heteroatoms. The fraction of sp³-hybridized carbons (Fsp3) is 0.304. The molecule has 1 aliphatic carbocycles. The number of hydrogen-bond donors (Lipinski definition) is 1. The fourth-order valence-corrected chi connectivity index (χ4v) is 4.64. The van der Waals surface area contributed by atoms with Crippen LogP contribution in [-0.2, 0) is 12.8 Å². The number of aromatic nitrogens is 2. The summed E-state index contributed by atoms with van der Waals surface area (Å²) in [5, 5.41) is 8.29. The van der Waals surface area contributed by atoms with Gasteiger partial charge in [-0.05, 0) is 43.0 Å². The molecule has 1 N–H and O–H groups in total. The summed E-state index contributed by atoms with van der Waals surface area (Å²) in [5.41, 5.74) is 7.45. The highest BCUT2D eigenvalue weighted by Gasteiger charge is 2.29. The number of rotatable bonds is 2. The van der Waals surface area contributed by atoms with E-state index < -0.39 is 0 Å². The maximum Gasteiger partial charge on any atom is 0.272 e. The van der Waals surface area contributed by atoms with Crippen LogP contribution >= 0.6 is 11.6 Å². The van der Waals surface area contributed by atoms with Gasteiger partial charge in [0, 0.05) is 48.0 Å². The van der Waals surface area contributed by atoms with Crippen molar-refractivity contribution >= 4 is 23.2 Å². The van der Waals surface area contributed by atoms with Gasteiger partial charge in [-0.3, -0.25) is 9.89 Å². The molecular weight excluding hydrogens is 384 g/mol. The molecule has 2 aliphatic rings. The highest BCUT2D eigenvalue weighted by molar-refractivity contribution is 6.30. The van der Waals surface area contributed by atoms with E-state index in [0.717, 1.165) is 53.5 Å². The third kappa shape index (κ3) is 3.19. The number of nitrogens with one attached hydrogen (secondary N) is 1. The van der Waals surface area contributed by atoms with Gasteiger partial charge in [-0.2, -0.15) is 5.10 Å². The van der Waals surface area contributed by atoms with Crippen molar-refractivity contribution < 1.29 is 4.79 Å². The molecule has 0 bridgehead atoms. The van der Waals surface area contributed by atoms with Gasteiger partial charge < -0.3 is 9.80 Å². The number of aromatic amines is 1. The van der Waals surface area contributed by atoms with Gasteiger partial charge in [0.05, 0.1) is 5.69 Å². The van der Waals surface area contributed by atoms with Crippen molar-refractivity contribution in [2.75, 3.05) is 31.1 Å². The predicted molar refractivity (Wildman–Crippen MR) is 116 cm³/mol. The van der Waals surface area contributed by atoms with Crippen LogP contribution in [0.3, 0.4) is 0 Å². The topological polar surface area (TPSA) is 52.2 Å². The SMILES string of the molecule is Cc1ccc(Cl)cc1N1CCN(C(=O)c2[nH]nc3c2CCc2ccccc2-3)CC1. The lowest BCUT2D eigenvalue weighted by molar-refractivity contribution is 0.0739. The molecule has 0 spiro atoms. The highest BCUT2D eigenvalue weighted by atomic mass is 35.5. The van der Waals surface area contributed by atoms with E-state index in [1.54, 1.807) is 0 Å². The summed E-state index contributed by atoms with van der Waals surface area (Å²) in [5.74, 6) is 0.0561. The van der Waals surface area contributed by atoms with E-state index in [-0.39, 0.29) is 5.91 Å². The Labute approximate surface area is 175 Å². The molecule has 0 atom stereocenters. The minimum absolute atomic E-state index is 0.0561. The molecule has 1 aliphatic heterocycles. The summed E-state index contributed by atoms with van der Waals surface area (Å²) in [6.45, 7) is 5.07. The summed E-state index contributed by atoms with van der Waals surface area (Å²) < 4.78 is 0. The van der Waals surface area contributed by atoms with E-state index in [2.05, 4.69) is 40.2 Å². The number of benzene rings is 2. The van der Waals surface area contributed by atoms with Crippen molar-refractivity contribution in [1.29, 1.82) is 0 Å². The van der Waals surface area contributed by atoms with Crippen molar-refractivity contribution in [1.82, 2.24) is 15.1 Å². The highest BCUT2D eigenvalue weighted by Crippen LogP contribution is 2.34. The number of carbonyl (C=O) groups excluding carboxylic acids is 1. The fourth-order valence-electron chi connectivity index (χ4n) is 4.47. The van der Waals surface area contributed by atoms with Gasteiger partial charge in [0.1, 0.15) is 5.69 Å². The Balaban J connectivity index is 1.34. The van der Waals surface area contributed by atoms with Gasteiger partial charge in [0.2, 0.25) is 0 Å². The van der Waals surface area contributed by atoms with Gasteiger partial charge in [-0.15, -0.1) is 0 Å². The van der Waals surface area contributed by atoms with E-state index in [1.165, 1.54) is 11.1 Å². The number of carbonyl (C=O) groups is 1. The Bertz CT molecular complexity index is 1080. The quantitative estimate of drug-likeness (QED) is 0.697. The minimum atomic E-state index is 0.0561. The summed E-state index contributed by atoms with van der Waals surface area (Å²) >= 11 is 6.18. The monoisotopic (exact) mass is 406 g/mol. The Morgan fingerprint density at radius 2 is 1.86 bits per heavy atom. The van der Waals surface area contributed by atoms with Crippen molar-refractivity contribution in [3.63, 3.8) is 0 Å². The van der Waals surface area contributed by atoms with Gasteiger partial charge in [-0.1, -0.05) is 41.9 Å². The molecule has 0 unspecified atom stereocenters. The largest absolute Gasteiger partial charge is 0.368 e. The molecule has 5 rings (SSSR count). The molecule has 148 valence electrons. The zero-order valence-corrected chi connectivity index (χ0v) is 17.2. The second-order valence-electron chi connectivity index (χ2n) is 7.79. The first-order chi connectivity index (χ1) is 14.1. The van der Waals surface area contributed by atoms with Gasteiger partial charge in [0.15, 0.2) is 0 Å². The van der Waals surface area contributed by atoms with Crippen LogP contribution < -0.4 is 4.90 Å². The van der Waals surface area contributed by atoms with E-state index in [1.807, 2.05) is 29.2 Å². The van der Waals surface area contributed by atoms with Crippen LogP contribution in [0, 0.1) is 6.92 Å². The number of anilines is 1. The molecule has 1 saturated heterocycles. The number of aryl methyl sites for hydroxylation is 2. The number of nitrogens with zero attached hydrogens (tertiary/aromatic N) is 3. The third-order valence-corrected chi connectivity index (χ3v) is 6.31. The lowest BCUT2D eigenvalue weighted by Crippen LogP contribution is -2.49. The first kappa shape index (κ1) is 18.3. The standard InChI is InChI=1S/C23H23ClN4O/c1-15-6-8-17(24)14-20(15)27-10-12-28(13-11-27)23(29)22-19-9-7-16-4-2-3-5-18(16)21(19)25-26-22/h2-6,8,14H,7,9-13H2,1H3,(H,25,26). The zero-order valence-electron chi connectivity index (χ0n) is 16.4. The van der Waals surface area contributed by atoms with Gasteiger partial charge in [0.25, 0.3) is 5.91 Å². The normalized spacial score (nSPS) is 15.8. The van der Waals surface area contributed by atoms with Crippen LogP contribution in [0.5, 0.6) is 0 Å². The van der Waals surface area contributed by atoms with Crippen LogP contribution in [0.25, 0.3) is 11.3 Å². The Morgan fingerprint density at radius 3 is 2.69 bits per heavy atom. The molecular formula is C23H23ClN4O. The zero-order chi connectivity index (χ0) is 20.0. The third-order valence-electron chi connectivity index (χ3n) is 6.08. The number of piperazine rings is 1. The Hall–Kier alpha value is -2.79. The molecule has 3 aromatic rings. The van der Waals surface area contributed by atoms with Crippen LogP contribution in [-0.4, -0.2) is 47.2 Å². The minimum Gasteiger partial charge on any atom is -0.368 e. The first-order valence-electron chi connectivity index (χ1n) is 10.1. The van der Waals surface area contributed by atoms with E-state index in [9.17, 15) is 4.79 Å². The van der Waals surface area contributed by atoms with Crippen molar-refractivity contribution in [3.05, 3.63) is 69.9 Å². The molecule has 2 heterocycles. The summed E-state index contributed by atoms with van der Waals surface area (Å²) in [6, 6.07) is 14.3. The van der Waals surface area contributed by atoms with Crippen molar-refractivity contribution in [3.8, 4) is 11.3 Å². The average Bonchev–Trinajstić information content (AvgIpc) is 3.20. The Morgan fingerprint density at radius 1 is 1.07 bits per heavy atom. The summed E-state index contributed by atoms with van der Waals surface area (Å²) in [7, 11) is 0. The second kappa shape index (κ2) is 7.23. The van der Waals surface area contributed by atoms with Crippen molar-refractivity contribution in [2.45, 2.75) is 19.8 Å². The van der Waals surface area contributed by atoms with E-state index in [4.69, 9.17) is 11.6 Å². The molecule has 29 heavy (non-hydrogen) atoms. The summed E-state index contributed by atoms with van der Waals surface area (Å²) in [6.07, 6.45) is 1.80. The Kier molecular flexibility index (Phi) is 4.55. The number of halogens is 1. The number of amides is 1. The number of fused-ring (bicyclic) bond motifs is 3. The lowest BCUT2D eigenvalue weighted by atomic mass is 9.89. The molecule has 1 aromatic heterocycles. The van der Waals surface area contributed by atoms with E-state index >= 15 is 0 Å². The maximum atomic E-state index is 13.2. The number of hydrogen-bond acceptors (Lipinski definition) is 3. The molecule has 0 saturated carbocycles.